The van der Waals surface area contributed by atoms with Gasteiger partial charge in [-0.25, -0.2) is 17.9 Å². The molecule has 0 spiro atoms. The minimum Gasteiger partial charge on any atom is -0.478 e. The molecule has 0 saturated carbocycles. The van der Waals surface area contributed by atoms with E-state index in [-0.39, 0.29) is 12.1 Å². The molecule has 2 rings (SSSR count). The summed E-state index contributed by atoms with van der Waals surface area (Å²) < 4.78 is 26.3. The number of rotatable bonds is 7. The SMILES string of the molecule is O=C(O)c1cn[nH]c1S(=O)(=O)NCCCc1ccccc1. The molecule has 3 N–H and O–H groups in total. The maximum atomic E-state index is 12.0. The van der Waals surface area contributed by atoms with Crippen molar-refractivity contribution >= 4 is 16.0 Å². The number of aryl methyl sites for hydroxylation is 1. The summed E-state index contributed by atoms with van der Waals surface area (Å²) in [7, 11) is -3.90. The second-order valence-corrected chi connectivity index (χ2v) is 6.11. The van der Waals surface area contributed by atoms with Crippen LogP contribution in [-0.2, 0) is 16.4 Å². The molecule has 0 amide bonds. The summed E-state index contributed by atoms with van der Waals surface area (Å²) in [4.78, 5) is 10.9. The van der Waals surface area contributed by atoms with E-state index in [0.29, 0.717) is 6.42 Å². The average molecular weight is 309 g/mol. The molecule has 0 atom stereocenters. The number of carboxylic acid groups (broad SMARTS) is 1. The van der Waals surface area contributed by atoms with Crippen molar-refractivity contribution in [3.8, 4) is 0 Å². The van der Waals surface area contributed by atoms with Crippen LogP contribution in [-0.4, -0.2) is 36.2 Å². The van der Waals surface area contributed by atoms with Crippen LogP contribution in [0.5, 0.6) is 0 Å². The molecule has 1 aromatic heterocycles. The Hall–Kier alpha value is -2.19. The molecule has 0 bridgehead atoms. The van der Waals surface area contributed by atoms with Crippen molar-refractivity contribution in [1.29, 1.82) is 0 Å². The molecule has 21 heavy (non-hydrogen) atoms. The number of carboxylic acids is 1. The van der Waals surface area contributed by atoms with E-state index in [1.807, 2.05) is 30.3 Å². The zero-order chi connectivity index (χ0) is 15.3. The van der Waals surface area contributed by atoms with Crippen LogP contribution in [0.1, 0.15) is 22.3 Å². The number of aromatic amines is 1. The van der Waals surface area contributed by atoms with Crippen LogP contribution in [0.3, 0.4) is 0 Å². The topological polar surface area (TPSA) is 112 Å². The number of sulfonamides is 1. The van der Waals surface area contributed by atoms with Gasteiger partial charge in [0.25, 0.3) is 10.0 Å². The first-order chi connectivity index (χ1) is 10.0. The Morgan fingerprint density at radius 2 is 2.00 bits per heavy atom. The Morgan fingerprint density at radius 3 is 2.67 bits per heavy atom. The van der Waals surface area contributed by atoms with Gasteiger partial charge >= 0.3 is 5.97 Å². The summed E-state index contributed by atoms with van der Waals surface area (Å²) in [5.74, 6) is -1.34. The van der Waals surface area contributed by atoms with Gasteiger partial charge in [-0.3, -0.25) is 5.10 Å². The van der Waals surface area contributed by atoms with Gasteiger partial charge in [-0.05, 0) is 18.4 Å². The summed E-state index contributed by atoms with van der Waals surface area (Å²) in [5, 5.41) is 14.1. The van der Waals surface area contributed by atoms with Gasteiger partial charge in [0.15, 0.2) is 5.03 Å². The number of aromatic nitrogens is 2. The van der Waals surface area contributed by atoms with Gasteiger partial charge in [0.1, 0.15) is 5.56 Å². The van der Waals surface area contributed by atoms with E-state index in [2.05, 4.69) is 14.9 Å². The van der Waals surface area contributed by atoms with E-state index in [1.165, 1.54) is 0 Å². The van der Waals surface area contributed by atoms with Crippen LogP contribution in [0.25, 0.3) is 0 Å². The molecule has 7 nitrogen and oxygen atoms in total. The zero-order valence-corrected chi connectivity index (χ0v) is 11.9. The minimum absolute atomic E-state index is 0.218. The second-order valence-electron chi connectivity index (χ2n) is 4.40. The summed E-state index contributed by atoms with van der Waals surface area (Å²) >= 11 is 0. The highest BCUT2D eigenvalue weighted by Gasteiger charge is 2.24. The fraction of sp³-hybridized carbons (Fsp3) is 0.231. The fourth-order valence-corrected chi connectivity index (χ4v) is 3.01. The summed E-state index contributed by atoms with van der Waals surface area (Å²) in [6.45, 7) is 0.218. The first-order valence-corrected chi connectivity index (χ1v) is 7.79. The zero-order valence-electron chi connectivity index (χ0n) is 11.1. The molecule has 2 aromatic rings. The molecule has 0 fully saturated rings. The molecule has 0 unspecified atom stereocenters. The third kappa shape index (κ3) is 3.89. The molecule has 112 valence electrons. The smallest absolute Gasteiger partial charge is 0.340 e. The quantitative estimate of drug-likeness (QED) is 0.661. The molecule has 8 heteroatoms. The van der Waals surface area contributed by atoms with Crippen molar-refractivity contribution in [3.63, 3.8) is 0 Å². The number of benzene rings is 1. The Labute approximate surface area is 122 Å². The number of nitrogens with zero attached hydrogens (tertiary/aromatic N) is 1. The molecule has 0 saturated heterocycles. The third-order valence-corrected chi connectivity index (χ3v) is 4.31. The van der Waals surface area contributed by atoms with Crippen molar-refractivity contribution < 1.29 is 18.3 Å². The monoisotopic (exact) mass is 309 g/mol. The largest absolute Gasteiger partial charge is 0.478 e. The predicted molar refractivity (Wildman–Crippen MR) is 75.5 cm³/mol. The first kappa shape index (κ1) is 15.2. The summed E-state index contributed by atoms with van der Waals surface area (Å²) in [6, 6.07) is 9.68. The van der Waals surface area contributed by atoms with E-state index in [4.69, 9.17) is 5.11 Å². The van der Waals surface area contributed by atoms with Crippen molar-refractivity contribution in [2.75, 3.05) is 6.54 Å². The lowest BCUT2D eigenvalue weighted by atomic mass is 10.1. The van der Waals surface area contributed by atoms with Gasteiger partial charge in [0.05, 0.1) is 6.20 Å². The number of carbonyl (C=O) groups is 1. The first-order valence-electron chi connectivity index (χ1n) is 6.31. The number of aromatic carboxylic acids is 1. The van der Waals surface area contributed by atoms with E-state index in [9.17, 15) is 13.2 Å². The molecule has 0 aliphatic carbocycles. The fourth-order valence-electron chi connectivity index (χ4n) is 1.85. The number of H-pyrrole nitrogens is 1. The number of hydrogen-bond acceptors (Lipinski definition) is 4. The van der Waals surface area contributed by atoms with Crippen molar-refractivity contribution in [3.05, 3.63) is 47.7 Å². The van der Waals surface area contributed by atoms with Crippen LogP contribution < -0.4 is 4.72 Å². The van der Waals surface area contributed by atoms with E-state index < -0.39 is 21.0 Å². The Bertz CT molecular complexity index is 710. The van der Waals surface area contributed by atoms with Crippen LogP contribution in [0.15, 0.2) is 41.6 Å². The van der Waals surface area contributed by atoms with Crippen LogP contribution >= 0.6 is 0 Å². The Morgan fingerprint density at radius 1 is 1.29 bits per heavy atom. The van der Waals surface area contributed by atoms with E-state index in [1.54, 1.807) is 0 Å². The molecule has 1 heterocycles. The van der Waals surface area contributed by atoms with Crippen LogP contribution in [0, 0.1) is 0 Å². The van der Waals surface area contributed by atoms with Gasteiger partial charge in [-0.15, -0.1) is 0 Å². The van der Waals surface area contributed by atoms with Crippen LogP contribution in [0.4, 0.5) is 0 Å². The van der Waals surface area contributed by atoms with Crippen molar-refractivity contribution in [2.24, 2.45) is 0 Å². The third-order valence-electron chi connectivity index (χ3n) is 2.88. The molecule has 1 aromatic carbocycles. The van der Waals surface area contributed by atoms with Gasteiger partial charge in [-0.2, -0.15) is 5.10 Å². The summed E-state index contributed by atoms with van der Waals surface area (Å²) in [6.07, 6.45) is 2.32. The molecular weight excluding hydrogens is 294 g/mol. The average Bonchev–Trinajstić information content (AvgIpc) is 2.95. The normalized spacial score (nSPS) is 11.4. The Balaban J connectivity index is 1.93. The highest BCUT2D eigenvalue weighted by Crippen LogP contribution is 2.11. The van der Waals surface area contributed by atoms with Gasteiger partial charge in [-0.1, -0.05) is 30.3 Å². The standard InChI is InChI=1S/C13H15N3O4S/c17-13(18)11-9-14-16-12(11)21(19,20)15-8-4-7-10-5-2-1-3-6-10/h1-3,5-6,9,15H,4,7-8H2,(H,14,16)(H,17,18). The number of nitrogens with one attached hydrogen (secondary N) is 2. The maximum Gasteiger partial charge on any atom is 0.340 e. The second kappa shape index (κ2) is 6.51. The highest BCUT2D eigenvalue weighted by molar-refractivity contribution is 7.89. The van der Waals surface area contributed by atoms with Crippen molar-refractivity contribution in [2.45, 2.75) is 17.9 Å². The number of hydrogen-bond donors (Lipinski definition) is 3. The van der Waals surface area contributed by atoms with Crippen molar-refractivity contribution in [1.82, 2.24) is 14.9 Å². The van der Waals surface area contributed by atoms with E-state index in [0.717, 1.165) is 18.2 Å². The predicted octanol–water partition coefficient (Wildman–Crippen LogP) is 1.02. The van der Waals surface area contributed by atoms with E-state index >= 15 is 0 Å². The van der Waals surface area contributed by atoms with Gasteiger partial charge < -0.3 is 5.11 Å². The maximum absolute atomic E-state index is 12.0. The molecular formula is C13H15N3O4S. The molecule has 0 radical (unpaired) electrons. The van der Waals surface area contributed by atoms with Gasteiger partial charge in [0.2, 0.25) is 0 Å². The minimum atomic E-state index is -3.90. The molecule has 0 aliphatic heterocycles. The molecule has 0 aliphatic rings. The van der Waals surface area contributed by atoms with Gasteiger partial charge in [0, 0.05) is 6.54 Å². The lowest BCUT2D eigenvalue weighted by Crippen LogP contribution is -2.27. The summed E-state index contributed by atoms with van der Waals surface area (Å²) in [5.41, 5.74) is 0.745. The lowest BCUT2D eigenvalue weighted by Gasteiger charge is -2.06. The highest BCUT2D eigenvalue weighted by atomic mass is 32.2. The van der Waals surface area contributed by atoms with Crippen LogP contribution in [0.2, 0.25) is 0 Å². The Kier molecular flexibility index (Phi) is 4.71. The lowest BCUT2D eigenvalue weighted by molar-refractivity contribution is 0.0692.